The van der Waals surface area contributed by atoms with Gasteiger partial charge in [-0.3, -0.25) is 4.79 Å². The van der Waals surface area contributed by atoms with Crippen molar-refractivity contribution in [3.05, 3.63) is 17.5 Å². The summed E-state index contributed by atoms with van der Waals surface area (Å²) in [7, 11) is 0. The van der Waals surface area contributed by atoms with E-state index in [2.05, 4.69) is 15.1 Å². The third-order valence-electron chi connectivity index (χ3n) is 3.78. The number of aromatic nitrogens is 2. The Balaban J connectivity index is 1.89. The molecule has 0 spiro atoms. The first kappa shape index (κ1) is 12.3. The Labute approximate surface area is 112 Å². The van der Waals surface area contributed by atoms with E-state index in [0.717, 1.165) is 29.9 Å². The highest BCUT2D eigenvalue weighted by atomic mass is 16.2. The second-order valence-electron chi connectivity index (χ2n) is 5.41. The van der Waals surface area contributed by atoms with Gasteiger partial charge in [-0.2, -0.15) is 10.1 Å². The Morgan fingerprint density at radius 1 is 1.16 bits per heavy atom. The van der Waals surface area contributed by atoms with Crippen molar-refractivity contribution in [1.29, 1.82) is 0 Å². The molecule has 0 atom stereocenters. The molecule has 2 heterocycles. The van der Waals surface area contributed by atoms with Gasteiger partial charge in [0, 0.05) is 11.4 Å². The predicted molar refractivity (Wildman–Crippen MR) is 73.0 cm³/mol. The number of rotatable bonds is 2. The van der Waals surface area contributed by atoms with Gasteiger partial charge in [0.25, 0.3) is 11.9 Å². The fourth-order valence-electron chi connectivity index (χ4n) is 2.89. The summed E-state index contributed by atoms with van der Waals surface area (Å²) in [6.07, 6.45) is 5.25. The highest BCUT2D eigenvalue weighted by molar-refractivity contribution is 6.13. The average molecular weight is 258 g/mol. The van der Waals surface area contributed by atoms with E-state index >= 15 is 0 Å². The zero-order valence-corrected chi connectivity index (χ0v) is 11.4. The summed E-state index contributed by atoms with van der Waals surface area (Å²) in [6.45, 7) is 3.81. The summed E-state index contributed by atoms with van der Waals surface area (Å²) < 4.78 is 0. The molecular formula is C14H18N4O. The summed E-state index contributed by atoms with van der Waals surface area (Å²) in [5.74, 6) is 0.891. The van der Waals surface area contributed by atoms with Gasteiger partial charge >= 0.3 is 0 Å². The highest BCUT2D eigenvalue weighted by Crippen LogP contribution is 2.30. The van der Waals surface area contributed by atoms with Crippen LogP contribution in [0.2, 0.25) is 0 Å². The molecule has 1 aromatic heterocycles. The normalized spacial score (nSPS) is 20.2. The third-order valence-corrected chi connectivity index (χ3v) is 3.78. The molecule has 1 aliphatic heterocycles. The lowest BCUT2D eigenvalue weighted by molar-refractivity contribution is -0.117. The van der Waals surface area contributed by atoms with Crippen molar-refractivity contribution in [2.24, 2.45) is 11.0 Å². The lowest BCUT2D eigenvalue weighted by atomic mass is 10.00. The highest BCUT2D eigenvalue weighted by Gasteiger charge is 2.32. The molecule has 0 aromatic carbocycles. The van der Waals surface area contributed by atoms with E-state index in [1.807, 2.05) is 19.9 Å². The van der Waals surface area contributed by atoms with Gasteiger partial charge in [-0.15, -0.1) is 0 Å². The zero-order chi connectivity index (χ0) is 13.4. The van der Waals surface area contributed by atoms with Crippen molar-refractivity contribution in [2.75, 3.05) is 5.01 Å². The smallest absolute Gasteiger partial charge is 0.255 e. The summed E-state index contributed by atoms with van der Waals surface area (Å²) in [5, 5.41) is 5.86. The number of carbonyl (C=O) groups is 1. The number of carbonyl (C=O) groups excluding carboxylic acids is 1. The maximum absolute atomic E-state index is 12.1. The van der Waals surface area contributed by atoms with E-state index in [0.29, 0.717) is 18.3 Å². The number of aryl methyl sites for hydroxylation is 2. The quantitative estimate of drug-likeness (QED) is 0.818. The Morgan fingerprint density at radius 2 is 1.79 bits per heavy atom. The maximum Gasteiger partial charge on any atom is 0.255 e. The molecule has 3 rings (SSSR count). The first-order chi connectivity index (χ1) is 9.13. The van der Waals surface area contributed by atoms with Gasteiger partial charge in [-0.25, -0.2) is 9.97 Å². The molecule has 0 radical (unpaired) electrons. The van der Waals surface area contributed by atoms with Gasteiger partial charge in [-0.1, -0.05) is 12.8 Å². The lowest BCUT2D eigenvalue weighted by Crippen LogP contribution is -2.22. The van der Waals surface area contributed by atoms with E-state index in [-0.39, 0.29) is 5.91 Å². The lowest BCUT2D eigenvalue weighted by Gasteiger charge is -2.10. The van der Waals surface area contributed by atoms with E-state index in [1.54, 1.807) is 0 Å². The Kier molecular flexibility index (Phi) is 3.05. The van der Waals surface area contributed by atoms with Crippen molar-refractivity contribution < 1.29 is 4.79 Å². The molecular weight excluding hydrogens is 240 g/mol. The number of hydrazone groups is 1. The van der Waals surface area contributed by atoms with Crippen molar-refractivity contribution in [2.45, 2.75) is 46.0 Å². The molecule has 19 heavy (non-hydrogen) atoms. The van der Waals surface area contributed by atoms with E-state index in [1.165, 1.54) is 17.9 Å². The van der Waals surface area contributed by atoms with Crippen LogP contribution >= 0.6 is 0 Å². The fraction of sp³-hybridized carbons (Fsp3) is 0.571. The minimum absolute atomic E-state index is 0.00750. The molecule has 0 saturated heterocycles. The number of nitrogens with zero attached hydrogens (tertiary/aromatic N) is 4. The van der Waals surface area contributed by atoms with Crippen LogP contribution in [-0.2, 0) is 4.79 Å². The van der Waals surface area contributed by atoms with E-state index in [9.17, 15) is 4.79 Å². The summed E-state index contributed by atoms with van der Waals surface area (Å²) in [6, 6.07) is 1.89. The molecule has 0 bridgehead atoms. The Morgan fingerprint density at radius 3 is 2.42 bits per heavy atom. The molecule has 0 N–H and O–H groups in total. The van der Waals surface area contributed by atoms with Gasteiger partial charge in [0.2, 0.25) is 0 Å². The van der Waals surface area contributed by atoms with Crippen LogP contribution in [0, 0.1) is 19.8 Å². The van der Waals surface area contributed by atoms with Crippen LogP contribution in [0.1, 0.15) is 43.5 Å². The molecule has 5 nitrogen and oxygen atoms in total. The second kappa shape index (κ2) is 4.72. The molecule has 1 aliphatic carbocycles. The van der Waals surface area contributed by atoms with Gasteiger partial charge in [0.1, 0.15) is 0 Å². The second-order valence-corrected chi connectivity index (χ2v) is 5.41. The summed E-state index contributed by atoms with van der Waals surface area (Å²) in [4.78, 5) is 20.7. The monoisotopic (exact) mass is 258 g/mol. The van der Waals surface area contributed by atoms with Crippen molar-refractivity contribution in [3.8, 4) is 0 Å². The van der Waals surface area contributed by atoms with Crippen LogP contribution in [0.15, 0.2) is 11.2 Å². The van der Waals surface area contributed by atoms with E-state index in [4.69, 9.17) is 0 Å². The standard InChI is InChI=1S/C14H18N4O/c1-9-7-10(2)16-14(15-9)18-13(19)8-12(17-18)11-5-3-4-6-11/h7,11H,3-6,8H2,1-2H3. The number of anilines is 1. The van der Waals surface area contributed by atoms with Crippen LogP contribution in [0.3, 0.4) is 0 Å². The topological polar surface area (TPSA) is 58.5 Å². The average Bonchev–Trinajstić information content (AvgIpc) is 2.95. The van der Waals surface area contributed by atoms with Gasteiger partial charge in [-0.05, 0) is 38.7 Å². The SMILES string of the molecule is Cc1cc(C)nc(N2N=C(C3CCCC3)CC2=O)n1. The molecule has 100 valence electrons. The molecule has 5 heteroatoms. The van der Waals surface area contributed by atoms with Gasteiger partial charge in [0.15, 0.2) is 0 Å². The molecule has 1 fully saturated rings. The number of hydrogen-bond donors (Lipinski definition) is 0. The summed E-state index contributed by atoms with van der Waals surface area (Å²) in [5.41, 5.74) is 2.74. The molecule has 1 amide bonds. The number of amides is 1. The minimum atomic E-state index is -0.00750. The number of hydrogen-bond acceptors (Lipinski definition) is 4. The van der Waals surface area contributed by atoms with Crippen molar-refractivity contribution >= 4 is 17.6 Å². The first-order valence-corrected chi connectivity index (χ1v) is 6.86. The maximum atomic E-state index is 12.1. The predicted octanol–water partition coefficient (Wildman–Crippen LogP) is 2.38. The first-order valence-electron chi connectivity index (χ1n) is 6.86. The van der Waals surface area contributed by atoms with E-state index < -0.39 is 0 Å². The largest absolute Gasteiger partial charge is 0.272 e. The van der Waals surface area contributed by atoms with Crippen LogP contribution in [0.4, 0.5) is 5.95 Å². The zero-order valence-electron chi connectivity index (χ0n) is 11.4. The summed E-state index contributed by atoms with van der Waals surface area (Å²) >= 11 is 0. The van der Waals surface area contributed by atoms with Crippen LogP contribution < -0.4 is 5.01 Å². The molecule has 0 unspecified atom stereocenters. The fourth-order valence-corrected chi connectivity index (χ4v) is 2.89. The molecule has 2 aliphatic rings. The van der Waals surface area contributed by atoms with Crippen LogP contribution in [-0.4, -0.2) is 21.6 Å². The van der Waals surface area contributed by atoms with Crippen molar-refractivity contribution in [1.82, 2.24) is 9.97 Å². The van der Waals surface area contributed by atoms with Crippen molar-refractivity contribution in [3.63, 3.8) is 0 Å². The minimum Gasteiger partial charge on any atom is -0.272 e. The van der Waals surface area contributed by atoms with Crippen LogP contribution in [0.5, 0.6) is 0 Å². The Hall–Kier alpha value is -1.78. The van der Waals surface area contributed by atoms with Gasteiger partial charge in [0.05, 0.1) is 12.1 Å². The third kappa shape index (κ3) is 2.37. The molecule has 1 aromatic rings. The molecule has 1 saturated carbocycles. The van der Waals surface area contributed by atoms with Crippen LogP contribution in [0.25, 0.3) is 0 Å². The van der Waals surface area contributed by atoms with Gasteiger partial charge < -0.3 is 0 Å². The Bertz CT molecular complexity index is 526.